The Labute approximate surface area is 108 Å². The van der Waals surface area contributed by atoms with E-state index in [1.54, 1.807) is 17.1 Å². The summed E-state index contributed by atoms with van der Waals surface area (Å²) in [5.74, 6) is 0.410. The fourth-order valence-corrected chi connectivity index (χ4v) is 2.68. The molecule has 3 N–H and O–H groups in total. The minimum atomic E-state index is -0.114. The van der Waals surface area contributed by atoms with Crippen molar-refractivity contribution in [2.24, 2.45) is 18.7 Å². The highest BCUT2D eigenvalue weighted by atomic mass is 16.2. The lowest BCUT2D eigenvalue weighted by Gasteiger charge is -2.29. The van der Waals surface area contributed by atoms with Crippen molar-refractivity contribution in [3.63, 3.8) is 0 Å². The molecule has 0 aliphatic heterocycles. The second-order valence-electron chi connectivity index (χ2n) is 5.14. The molecule has 1 unspecified atom stereocenters. The SMILES string of the molecule is Cn1cnc(C(=O)NC(CN)C2CCCCC2)c1. The minimum Gasteiger partial charge on any atom is -0.346 e. The summed E-state index contributed by atoms with van der Waals surface area (Å²) in [6.07, 6.45) is 9.51. The average molecular weight is 250 g/mol. The molecule has 0 aromatic carbocycles. The van der Waals surface area contributed by atoms with E-state index >= 15 is 0 Å². The molecule has 1 amide bonds. The number of nitrogens with two attached hydrogens (primary N) is 1. The van der Waals surface area contributed by atoms with Crippen molar-refractivity contribution in [1.82, 2.24) is 14.9 Å². The quantitative estimate of drug-likeness (QED) is 0.839. The molecule has 0 saturated heterocycles. The summed E-state index contributed by atoms with van der Waals surface area (Å²) in [6.45, 7) is 0.503. The monoisotopic (exact) mass is 250 g/mol. The molecule has 1 aromatic rings. The summed E-state index contributed by atoms with van der Waals surface area (Å²) in [6, 6.07) is 0.0832. The molecular weight excluding hydrogens is 228 g/mol. The highest BCUT2D eigenvalue weighted by molar-refractivity contribution is 5.92. The molecule has 0 bridgehead atoms. The summed E-state index contributed by atoms with van der Waals surface area (Å²) in [5.41, 5.74) is 6.26. The highest BCUT2D eigenvalue weighted by Crippen LogP contribution is 2.26. The number of amides is 1. The molecule has 1 aliphatic rings. The molecule has 2 rings (SSSR count). The predicted molar refractivity (Wildman–Crippen MR) is 70.1 cm³/mol. The largest absolute Gasteiger partial charge is 0.346 e. The number of hydrogen-bond acceptors (Lipinski definition) is 3. The van der Waals surface area contributed by atoms with E-state index in [0.717, 1.165) is 0 Å². The molecular formula is C13H22N4O. The van der Waals surface area contributed by atoms with Crippen LogP contribution in [-0.2, 0) is 7.05 Å². The van der Waals surface area contributed by atoms with Gasteiger partial charge < -0.3 is 15.6 Å². The van der Waals surface area contributed by atoms with E-state index in [1.807, 2.05) is 7.05 Å². The number of aromatic nitrogens is 2. The lowest BCUT2D eigenvalue weighted by molar-refractivity contribution is 0.0911. The van der Waals surface area contributed by atoms with Gasteiger partial charge in [0.2, 0.25) is 0 Å². The predicted octanol–water partition coefficient (Wildman–Crippen LogP) is 1.06. The van der Waals surface area contributed by atoms with Gasteiger partial charge in [0.15, 0.2) is 0 Å². The molecule has 1 heterocycles. The Bertz CT molecular complexity index is 395. The topological polar surface area (TPSA) is 72.9 Å². The molecule has 0 radical (unpaired) electrons. The summed E-state index contributed by atoms with van der Waals surface area (Å²) >= 11 is 0. The second-order valence-corrected chi connectivity index (χ2v) is 5.14. The second kappa shape index (κ2) is 6.00. The fraction of sp³-hybridized carbons (Fsp3) is 0.692. The van der Waals surface area contributed by atoms with E-state index in [0.29, 0.717) is 18.2 Å². The summed E-state index contributed by atoms with van der Waals surface area (Å²) in [5, 5.41) is 3.03. The van der Waals surface area contributed by atoms with Crippen LogP contribution in [0.1, 0.15) is 42.6 Å². The van der Waals surface area contributed by atoms with Gasteiger partial charge in [0, 0.05) is 25.8 Å². The Morgan fingerprint density at radius 1 is 1.56 bits per heavy atom. The zero-order chi connectivity index (χ0) is 13.0. The first-order valence-electron chi connectivity index (χ1n) is 6.69. The summed E-state index contributed by atoms with van der Waals surface area (Å²) < 4.78 is 1.77. The number of carbonyl (C=O) groups is 1. The Hall–Kier alpha value is -1.36. The first-order valence-corrected chi connectivity index (χ1v) is 6.69. The summed E-state index contributed by atoms with van der Waals surface area (Å²) in [4.78, 5) is 16.1. The number of aryl methyl sites for hydroxylation is 1. The standard InChI is InChI=1S/C13H22N4O/c1-17-8-12(15-9-17)13(18)16-11(7-14)10-5-3-2-4-6-10/h8-11H,2-7,14H2,1H3,(H,16,18). The molecule has 5 heteroatoms. The van der Waals surface area contributed by atoms with Crippen LogP contribution in [0.3, 0.4) is 0 Å². The van der Waals surface area contributed by atoms with Gasteiger partial charge in [0.25, 0.3) is 5.91 Å². The van der Waals surface area contributed by atoms with Gasteiger partial charge in [-0.2, -0.15) is 0 Å². The van der Waals surface area contributed by atoms with E-state index in [4.69, 9.17) is 5.73 Å². The average Bonchev–Trinajstić information content (AvgIpc) is 2.83. The van der Waals surface area contributed by atoms with Gasteiger partial charge in [-0.15, -0.1) is 0 Å². The van der Waals surface area contributed by atoms with Gasteiger partial charge in [0.1, 0.15) is 5.69 Å². The number of hydrogen-bond donors (Lipinski definition) is 2. The van der Waals surface area contributed by atoms with Crippen molar-refractivity contribution in [1.29, 1.82) is 0 Å². The first-order chi connectivity index (χ1) is 8.70. The highest BCUT2D eigenvalue weighted by Gasteiger charge is 2.24. The van der Waals surface area contributed by atoms with Gasteiger partial charge >= 0.3 is 0 Å². The van der Waals surface area contributed by atoms with E-state index in [-0.39, 0.29) is 11.9 Å². The maximum absolute atomic E-state index is 12.0. The van der Waals surface area contributed by atoms with Gasteiger partial charge in [-0.3, -0.25) is 4.79 Å². The number of rotatable bonds is 4. The maximum Gasteiger partial charge on any atom is 0.271 e. The van der Waals surface area contributed by atoms with Crippen LogP contribution in [-0.4, -0.2) is 28.0 Å². The van der Waals surface area contributed by atoms with Crippen LogP contribution in [0.5, 0.6) is 0 Å². The van der Waals surface area contributed by atoms with Gasteiger partial charge in [-0.05, 0) is 18.8 Å². The van der Waals surface area contributed by atoms with Gasteiger partial charge in [-0.25, -0.2) is 4.98 Å². The zero-order valence-electron chi connectivity index (χ0n) is 10.9. The number of carbonyl (C=O) groups excluding carboxylic acids is 1. The number of nitrogens with zero attached hydrogens (tertiary/aromatic N) is 2. The van der Waals surface area contributed by atoms with Crippen LogP contribution in [0.15, 0.2) is 12.5 Å². The van der Waals surface area contributed by atoms with Crippen molar-refractivity contribution in [3.8, 4) is 0 Å². The van der Waals surface area contributed by atoms with E-state index < -0.39 is 0 Å². The third kappa shape index (κ3) is 3.10. The molecule has 1 saturated carbocycles. The molecule has 1 aliphatic carbocycles. The fourth-order valence-electron chi connectivity index (χ4n) is 2.68. The molecule has 1 aromatic heterocycles. The smallest absolute Gasteiger partial charge is 0.271 e. The Morgan fingerprint density at radius 3 is 2.83 bits per heavy atom. The maximum atomic E-state index is 12.0. The molecule has 100 valence electrons. The summed E-state index contributed by atoms with van der Waals surface area (Å²) in [7, 11) is 1.85. The lowest BCUT2D eigenvalue weighted by Crippen LogP contribution is -2.46. The van der Waals surface area contributed by atoms with Crippen molar-refractivity contribution >= 4 is 5.91 Å². The van der Waals surface area contributed by atoms with E-state index in [1.165, 1.54) is 32.1 Å². The Balaban J connectivity index is 1.95. The first kappa shape index (κ1) is 13.1. The molecule has 5 nitrogen and oxygen atoms in total. The number of nitrogens with one attached hydrogen (secondary N) is 1. The Morgan fingerprint density at radius 2 is 2.28 bits per heavy atom. The number of imidazole rings is 1. The van der Waals surface area contributed by atoms with Crippen LogP contribution in [0, 0.1) is 5.92 Å². The van der Waals surface area contributed by atoms with Crippen LogP contribution in [0.25, 0.3) is 0 Å². The molecule has 0 spiro atoms. The van der Waals surface area contributed by atoms with Gasteiger partial charge in [-0.1, -0.05) is 19.3 Å². The van der Waals surface area contributed by atoms with Gasteiger partial charge in [0.05, 0.1) is 6.33 Å². The minimum absolute atomic E-state index is 0.0832. The Kier molecular flexibility index (Phi) is 4.36. The van der Waals surface area contributed by atoms with Crippen molar-refractivity contribution in [2.45, 2.75) is 38.1 Å². The zero-order valence-corrected chi connectivity index (χ0v) is 10.9. The lowest BCUT2D eigenvalue weighted by atomic mass is 9.84. The third-order valence-corrected chi connectivity index (χ3v) is 3.73. The van der Waals surface area contributed by atoms with Crippen molar-refractivity contribution < 1.29 is 4.79 Å². The normalized spacial score (nSPS) is 18.6. The van der Waals surface area contributed by atoms with E-state index in [2.05, 4.69) is 10.3 Å². The third-order valence-electron chi connectivity index (χ3n) is 3.73. The van der Waals surface area contributed by atoms with Crippen molar-refractivity contribution in [3.05, 3.63) is 18.2 Å². The molecule has 1 fully saturated rings. The van der Waals surface area contributed by atoms with E-state index in [9.17, 15) is 4.79 Å². The molecule has 18 heavy (non-hydrogen) atoms. The van der Waals surface area contributed by atoms with Crippen LogP contribution in [0.2, 0.25) is 0 Å². The van der Waals surface area contributed by atoms with Crippen molar-refractivity contribution in [2.75, 3.05) is 6.54 Å². The van der Waals surface area contributed by atoms with Crippen LogP contribution < -0.4 is 11.1 Å². The molecule has 1 atom stereocenters. The van der Waals surface area contributed by atoms with Crippen LogP contribution >= 0.6 is 0 Å². The van der Waals surface area contributed by atoms with Crippen LogP contribution in [0.4, 0.5) is 0 Å².